The van der Waals surface area contributed by atoms with E-state index in [1.807, 2.05) is 0 Å². The first-order valence-electron chi connectivity index (χ1n) is 2.52. The number of nitrogens with zero attached hydrogens (tertiary/aromatic N) is 3. The molecule has 5 heteroatoms. The summed E-state index contributed by atoms with van der Waals surface area (Å²) in [5, 5.41) is 3.86. The normalized spacial score (nSPS) is 8.90. The lowest BCUT2D eigenvalue weighted by Gasteiger charge is -1.94. The maximum absolute atomic E-state index is 5.51. The summed E-state index contributed by atoms with van der Waals surface area (Å²) in [5.74, 6) is 0.388. The molecule has 1 aromatic rings. The summed E-state index contributed by atoms with van der Waals surface area (Å²) >= 11 is 5.51. The Balaban J connectivity index is 2.78. The highest BCUT2D eigenvalue weighted by atomic mass is 35.5. The van der Waals surface area contributed by atoms with E-state index in [1.165, 1.54) is 12.4 Å². The number of hydrogen-bond acceptors (Lipinski definition) is 4. The SMILES string of the molecule is C=NNc1ncc(Cl)cn1. The maximum Gasteiger partial charge on any atom is 0.243 e. The van der Waals surface area contributed by atoms with Crippen molar-refractivity contribution < 1.29 is 0 Å². The monoisotopic (exact) mass is 156 g/mol. The topological polar surface area (TPSA) is 50.2 Å². The van der Waals surface area contributed by atoms with Gasteiger partial charge in [0.1, 0.15) is 0 Å². The third-order valence-corrected chi connectivity index (χ3v) is 0.995. The van der Waals surface area contributed by atoms with Crippen molar-refractivity contribution in [3.05, 3.63) is 17.4 Å². The van der Waals surface area contributed by atoms with Crippen molar-refractivity contribution >= 4 is 24.3 Å². The van der Waals surface area contributed by atoms with Gasteiger partial charge in [-0.05, 0) is 0 Å². The molecule has 0 aliphatic carbocycles. The van der Waals surface area contributed by atoms with Gasteiger partial charge in [-0.3, -0.25) is 0 Å². The fourth-order valence-electron chi connectivity index (χ4n) is 0.441. The molecule has 0 saturated heterocycles. The zero-order valence-corrected chi connectivity index (χ0v) is 5.84. The summed E-state index contributed by atoms with van der Waals surface area (Å²) in [6.45, 7) is 3.20. The van der Waals surface area contributed by atoms with Crippen LogP contribution in [0.1, 0.15) is 0 Å². The van der Waals surface area contributed by atoms with Crippen molar-refractivity contribution in [2.24, 2.45) is 5.10 Å². The van der Waals surface area contributed by atoms with Gasteiger partial charge >= 0.3 is 0 Å². The molecule has 0 aliphatic heterocycles. The van der Waals surface area contributed by atoms with E-state index in [-0.39, 0.29) is 0 Å². The Labute approximate surface area is 63.0 Å². The molecule has 4 nitrogen and oxygen atoms in total. The second-order valence-electron chi connectivity index (χ2n) is 1.49. The molecule has 52 valence electrons. The lowest BCUT2D eigenvalue weighted by atomic mass is 10.7. The van der Waals surface area contributed by atoms with E-state index in [1.54, 1.807) is 0 Å². The Morgan fingerprint density at radius 3 is 2.60 bits per heavy atom. The lowest BCUT2D eigenvalue weighted by molar-refractivity contribution is 1.12. The van der Waals surface area contributed by atoms with E-state index < -0.39 is 0 Å². The van der Waals surface area contributed by atoms with Crippen LogP contribution in [-0.4, -0.2) is 16.7 Å². The number of nitrogens with one attached hydrogen (secondary N) is 1. The molecule has 1 rings (SSSR count). The number of hydrazone groups is 1. The zero-order valence-electron chi connectivity index (χ0n) is 5.08. The van der Waals surface area contributed by atoms with Gasteiger partial charge in [0.25, 0.3) is 0 Å². The summed E-state index contributed by atoms with van der Waals surface area (Å²) in [6.07, 6.45) is 2.95. The molecule has 10 heavy (non-hydrogen) atoms. The maximum atomic E-state index is 5.51. The van der Waals surface area contributed by atoms with E-state index in [4.69, 9.17) is 11.6 Å². The highest BCUT2D eigenvalue weighted by Gasteiger charge is 1.90. The fourth-order valence-corrected chi connectivity index (χ4v) is 0.538. The number of rotatable bonds is 2. The molecule has 1 N–H and O–H groups in total. The second kappa shape index (κ2) is 3.12. The van der Waals surface area contributed by atoms with Gasteiger partial charge in [0.2, 0.25) is 5.95 Å². The van der Waals surface area contributed by atoms with Crippen molar-refractivity contribution in [1.29, 1.82) is 0 Å². The Morgan fingerprint density at radius 2 is 2.10 bits per heavy atom. The highest BCUT2D eigenvalue weighted by Crippen LogP contribution is 2.04. The van der Waals surface area contributed by atoms with Crippen LogP contribution in [0, 0.1) is 0 Å². The van der Waals surface area contributed by atoms with Crippen molar-refractivity contribution in [3.8, 4) is 0 Å². The van der Waals surface area contributed by atoms with Crippen LogP contribution in [0.3, 0.4) is 0 Å². The first-order valence-corrected chi connectivity index (χ1v) is 2.90. The van der Waals surface area contributed by atoms with Gasteiger partial charge in [0.05, 0.1) is 17.4 Å². The third-order valence-electron chi connectivity index (χ3n) is 0.799. The van der Waals surface area contributed by atoms with Crippen LogP contribution in [0.25, 0.3) is 0 Å². The molecule has 0 aliphatic rings. The summed E-state index contributed by atoms with van der Waals surface area (Å²) in [4.78, 5) is 7.56. The quantitative estimate of drug-likeness (QED) is 0.516. The second-order valence-corrected chi connectivity index (χ2v) is 1.93. The Kier molecular flexibility index (Phi) is 2.17. The molecule has 0 amide bonds. The van der Waals surface area contributed by atoms with Gasteiger partial charge in [0, 0.05) is 6.72 Å². The minimum atomic E-state index is 0.388. The molecule has 1 heterocycles. The minimum absolute atomic E-state index is 0.388. The van der Waals surface area contributed by atoms with Crippen LogP contribution in [0.5, 0.6) is 0 Å². The van der Waals surface area contributed by atoms with E-state index >= 15 is 0 Å². The van der Waals surface area contributed by atoms with Crippen molar-refractivity contribution in [3.63, 3.8) is 0 Å². The van der Waals surface area contributed by atoms with E-state index in [0.717, 1.165) is 0 Å². The van der Waals surface area contributed by atoms with Crippen LogP contribution in [0.2, 0.25) is 5.02 Å². The highest BCUT2D eigenvalue weighted by molar-refractivity contribution is 6.30. The van der Waals surface area contributed by atoms with Gasteiger partial charge < -0.3 is 0 Å². The molecule has 0 radical (unpaired) electrons. The smallest absolute Gasteiger partial charge is 0.243 e. The summed E-state index contributed by atoms with van der Waals surface area (Å²) < 4.78 is 0. The Morgan fingerprint density at radius 1 is 1.50 bits per heavy atom. The molecule has 0 spiro atoms. The van der Waals surface area contributed by atoms with Crippen LogP contribution < -0.4 is 5.43 Å². The number of hydrogen-bond donors (Lipinski definition) is 1. The molecule has 0 saturated carbocycles. The van der Waals surface area contributed by atoms with Crippen LogP contribution in [0.15, 0.2) is 17.5 Å². The molecule has 1 aromatic heterocycles. The average Bonchev–Trinajstić information content (AvgIpc) is 1.95. The van der Waals surface area contributed by atoms with Crippen molar-refractivity contribution in [2.45, 2.75) is 0 Å². The number of halogens is 1. The molecule has 0 aromatic carbocycles. The molecule has 0 fully saturated rings. The van der Waals surface area contributed by atoms with E-state index in [0.29, 0.717) is 11.0 Å². The van der Waals surface area contributed by atoms with Crippen LogP contribution >= 0.6 is 11.6 Å². The minimum Gasteiger partial charge on any atom is -0.246 e. The molecule has 0 bridgehead atoms. The lowest BCUT2D eigenvalue weighted by Crippen LogP contribution is -1.92. The van der Waals surface area contributed by atoms with Crippen LogP contribution in [0.4, 0.5) is 5.95 Å². The largest absolute Gasteiger partial charge is 0.246 e. The molecular formula is C5H5ClN4. The predicted octanol–water partition coefficient (Wildman–Crippen LogP) is 1.16. The fraction of sp³-hybridized carbons (Fsp3) is 0. The summed E-state index contributed by atoms with van der Waals surface area (Å²) in [7, 11) is 0. The molecular weight excluding hydrogens is 152 g/mol. The molecule has 0 unspecified atom stereocenters. The molecule has 0 atom stereocenters. The van der Waals surface area contributed by atoms with E-state index in [2.05, 4.69) is 27.2 Å². The zero-order chi connectivity index (χ0) is 7.40. The first kappa shape index (κ1) is 6.95. The van der Waals surface area contributed by atoms with Crippen LogP contribution in [-0.2, 0) is 0 Å². The van der Waals surface area contributed by atoms with Crippen molar-refractivity contribution in [1.82, 2.24) is 9.97 Å². The van der Waals surface area contributed by atoms with E-state index in [9.17, 15) is 0 Å². The summed E-state index contributed by atoms with van der Waals surface area (Å²) in [5.41, 5.74) is 2.47. The average molecular weight is 157 g/mol. The number of anilines is 1. The Bertz CT molecular complexity index is 220. The van der Waals surface area contributed by atoms with Gasteiger partial charge in [-0.25, -0.2) is 15.4 Å². The van der Waals surface area contributed by atoms with Gasteiger partial charge in [-0.15, -0.1) is 0 Å². The van der Waals surface area contributed by atoms with Gasteiger partial charge in [-0.1, -0.05) is 11.6 Å². The predicted molar refractivity (Wildman–Crippen MR) is 40.2 cm³/mol. The van der Waals surface area contributed by atoms with Gasteiger partial charge in [-0.2, -0.15) is 5.10 Å². The Hall–Kier alpha value is -1.16. The number of aromatic nitrogens is 2. The van der Waals surface area contributed by atoms with Crippen molar-refractivity contribution in [2.75, 3.05) is 5.43 Å². The summed E-state index contributed by atoms with van der Waals surface area (Å²) in [6, 6.07) is 0. The first-order chi connectivity index (χ1) is 4.83. The van der Waals surface area contributed by atoms with Gasteiger partial charge in [0.15, 0.2) is 0 Å². The third kappa shape index (κ3) is 1.66. The standard InChI is InChI=1S/C5H5ClN4/c1-7-10-5-8-2-4(6)3-9-5/h2-3H,1H2,(H,8,9,10).